The third-order valence-corrected chi connectivity index (χ3v) is 3.86. The third-order valence-electron chi connectivity index (χ3n) is 2.63. The first kappa shape index (κ1) is 14.1. The Bertz CT molecular complexity index is 697. The van der Waals surface area contributed by atoms with Crippen molar-refractivity contribution < 1.29 is 9.53 Å². The van der Waals surface area contributed by atoms with Gasteiger partial charge in [-0.15, -0.1) is 0 Å². The quantitative estimate of drug-likeness (QED) is 0.488. The first-order chi connectivity index (χ1) is 9.04. The van der Waals surface area contributed by atoms with Crippen molar-refractivity contribution in [3.63, 3.8) is 0 Å². The van der Waals surface area contributed by atoms with Gasteiger partial charge in [0, 0.05) is 14.8 Å². The summed E-state index contributed by atoms with van der Waals surface area (Å²) in [5, 5.41) is 0. The molecule has 0 aliphatic heterocycles. The first-order valence-electron chi connectivity index (χ1n) is 5.48. The average Bonchev–Trinajstić information content (AvgIpc) is 2.38. The second kappa shape index (κ2) is 5.79. The molecule has 2 aromatic rings. The SMILES string of the molecule is COC(=O)c1c(C)[nH]c(-c2ccccc2I)nc1=S. The highest BCUT2D eigenvalue weighted by atomic mass is 127. The molecule has 1 heterocycles. The molecule has 0 radical (unpaired) electrons. The van der Waals surface area contributed by atoms with E-state index in [9.17, 15) is 4.79 Å². The average molecular weight is 386 g/mol. The van der Waals surface area contributed by atoms with Crippen LogP contribution in [0.5, 0.6) is 0 Å². The molecule has 0 atom stereocenters. The van der Waals surface area contributed by atoms with Crippen LogP contribution in [0.1, 0.15) is 16.1 Å². The van der Waals surface area contributed by atoms with Gasteiger partial charge < -0.3 is 9.72 Å². The van der Waals surface area contributed by atoms with Gasteiger partial charge >= 0.3 is 5.97 Å². The highest BCUT2D eigenvalue weighted by Crippen LogP contribution is 2.23. The van der Waals surface area contributed by atoms with Crippen LogP contribution < -0.4 is 0 Å². The summed E-state index contributed by atoms with van der Waals surface area (Å²) in [4.78, 5) is 19.0. The Kier molecular flexibility index (Phi) is 4.31. The highest BCUT2D eigenvalue weighted by Gasteiger charge is 2.15. The van der Waals surface area contributed by atoms with Crippen LogP contribution in [0.4, 0.5) is 0 Å². The van der Waals surface area contributed by atoms with Gasteiger partial charge in [-0.3, -0.25) is 0 Å². The molecule has 0 fully saturated rings. The maximum absolute atomic E-state index is 11.6. The number of halogens is 1. The second-order valence-corrected chi connectivity index (χ2v) is 5.41. The third kappa shape index (κ3) is 2.84. The zero-order chi connectivity index (χ0) is 14.0. The molecular weight excluding hydrogens is 375 g/mol. The molecule has 1 N–H and O–H groups in total. The summed E-state index contributed by atoms with van der Waals surface area (Å²) in [5.74, 6) is 0.181. The predicted octanol–water partition coefficient (Wildman–Crippen LogP) is 3.51. The van der Waals surface area contributed by atoms with Crippen molar-refractivity contribution >= 4 is 40.8 Å². The number of H-pyrrole nitrogens is 1. The van der Waals surface area contributed by atoms with Crippen molar-refractivity contribution in [2.45, 2.75) is 6.92 Å². The molecule has 0 saturated heterocycles. The number of nitrogens with one attached hydrogen (secondary N) is 1. The summed E-state index contributed by atoms with van der Waals surface area (Å²) in [6, 6.07) is 7.82. The number of benzene rings is 1. The number of hydrogen-bond acceptors (Lipinski definition) is 4. The molecule has 0 bridgehead atoms. The van der Waals surface area contributed by atoms with Crippen molar-refractivity contribution in [2.75, 3.05) is 7.11 Å². The maximum atomic E-state index is 11.6. The van der Waals surface area contributed by atoms with Crippen LogP contribution in [-0.2, 0) is 4.74 Å². The lowest BCUT2D eigenvalue weighted by Crippen LogP contribution is -2.09. The van der Waals surface area contributed by atoms with Gasteiger partial charge in [0.05, 0.1) is 7.11 Å². The van der Waals surface area contributed by atoms with Gasteiger partial charge in [0.2, 0.25) is 0 Å². The van der Waals surface area contributed by atoms with Gasteiger partial charge in [-0.25, -0.2) is 9.78 Å². The first-order valence-corrected chi connectivity index (χ1v) is 6.97. The van der Waals surface area contributed by atoms with Crippen LogP contribution in [-0.4, -0.2) is 23.0 Å². The molecule has 0 spiro atoms. The number of aryl methyl sites for hydroxylation is 1. The molecule has 2 rings (SSSR count). The fourth-order valence-electron chi connectivity index (χ4n) is 1.71. The van der Waals surface area contributed by atoms with Crippen LogP contribution in [0.3, 0.4) is 0 Å². The van der Waals surface area contributed by atoms with Gasteiger partial charge in [0.25, 0.3) is 0 Å². The zero-order valence-corrected chi connectivity index (χ0v) is 13.3. The number of nitrogens with zero attached hydrogens (tertiary/aromatic N) is 1. The van der Waals surface area contributed by atoms with E-state index in [0.717, 1.165) is 9.13 Å². The summed E-state index contributed by atoms with van der Waals surface area (Å²) in [7, 11) is 1.32. The minimum atomic E-state index is -0.472. The molecule has 6 heteroatoms. The van der Waals surface area contributed by atoms with Crippen molar-refractivity contribution in [3.05, 3.63) is 43.7 Å². The lowest BCUT2D eigenvalue weighted by molar-refractivity contribution is 0.0598. The van der Waals surface area contributed by atoms with Crippen molar-refractivity contribution in [3.8, 4) is 11.4 Å². The van der Waals surface area contributed by atoms with Crippen LogP contribution >= 0.6 is 34.8 Å². The summed E-state index contributed by atoms with van der Waals surface area (Å²) in [5.41, 5.74) is 1.92. The zero-order valence-electron chi connectivity index (χ0n) is 10.4. The fourth-order valence-corrected chi connectivity index (χ4v) is 2.68. The molecule has 0 unspecified atom stereocenters. The normalized spacial score (nSPS) is 10.3. The second-order valence-electron chi connectivity index (χ2n) is 3.86. The number of hydrogen-bond donors (Lipinski definition) is 1. The van der Waals surface area contributed by atoms with Gasteiger partial charge in [0.1, 0.15) is 16.0 Å². The Balaban J connectivity index is 2.62. The number of rotatable bonds is 2. The number of esters is 1. The molecule has 98 valence electrons. The Morgan fingerprint density at radius 3 is 2.68 bits per heavy atom. The van der Waals surface area contributed by atoms with Crippen molar-refractivity contribution in [2.24, 2.45) is 0 Å². The highest BCUT2D eigenvalue weighted by molar-refractivity contribution is 14.1. The van der Waals surface area contributed by atoms with E-state index in [-0.39, 0.29) is 4.64 Å². The minimum Gasteiger partial charge on any atom is -0.465 e. The van der Waals surface area contributed by atoms with Crippen molar-refractivity contribution in [1.29, 1.82) is 0 Å². The molecule has 0 amide bonds. The number of aromatic nitrogens is 2. The molecule has 1 aromatic carbocycles. The molecule has 0 aliphatic carbocycles. The summed E-state index contributed by atoms with van der Waals surface area (Å²) in [6.45, 7) is 1.78. The van der Waals surface area contributed by atoms with Crippen LogP contribution in [0.2, 0.25) is 0 Å². The Morgan fingerprint density at radius 2 is 2.11 bits per heavy atom. The van der Waals surface area contributed by atoms with Crippen LogP contribution in [0.15, 0.2) is 24.3 Å². The largest absolute Gasteiger partial charge is 0.465 e. The van der Waals surface area contributed by atoms with Crippen LogP contribution in [0.25, 0.3) is 11.4 Å². The molecule has 4 nitrogen and oxygen atoms in total. The van der Waals surface area contributed by atoms with Crippen LogP contribution in [0, 0.1) is 15.1 Å². The van der Waals surface area contributed by atoms with E-state index in [2.05, 4.69) is 32.6 Å². The van der Waals surface area contributed by atoms with E-state index in [1.54, 1.807) is 6.92 Å². The Morgan fingerprint density at radius 1 is 1.42 bits per heavy atom. The van der Waals surface area contributed by atoms with Gasteiger partial charge in [-0.1, -0.05) is 30.4 Å². The predicted molar refractivity (Wildman–Crippen MR) is 83.7 cm³/mol. The molecule has 0 aliphatic rings. The lowest BCUT2D eigenvalue weighted by atomic mass is 10.2. The summed E-state index contributed by atoms with van der Waals surface area (Å²) in [6.07, 6.45) is 0. The Hall–Kier alpha value is -1.28. The fraction of sp³-hybridized carbons (Fsp3) is 0.154. The number of aromatic amines is 1. The van der Waals surface area contributed by atoms with E-state index in [1.165, 1.54) is 7.11 Å². The summed E-state index contributed by atoms with van der Waals surface area (Å²) < 4.78 is 6.01. The lowest BCUT2D eigenvalue weighted by Gasteiger charge is -2.08. The van der Waals surface area contributed by atoms with E-state index < -0.39 is 5.97 Å². The number of methoxy groups -OCH3 is 1. The topological polar surface area (TPSA) is 55.0 Å². The number of carbonyl (C=O) groups is 1. The molecule has 0 saturated carbocycles. The molecular formula is C13H11IN2O2S. The molecule has 1 aromatic heterocycles. The number of ether oxygens (including phenoxy) is 1. The van der Waals surface area contributed by atoms with Crippen molar-refractivity contribution in [1.82, 2.24) is 9.97 Å². The van der Waals surface area contributed by atoms with E-state index in [0.29, 0.717) is 17.1 Å². The van der Waals surface area contributed by atoms with Gasteiger partial charge in [-0.05, 0) is 35.6 Å². The summed E-state index contributed by atoms with van der Waals surface area (Å²) >= 11 is 7.41. The standard InChI is InChI=1S/C13H11IN2O2S/c1-7-10(13(17)18-2)12(19)16-11(15-7)8-5-3-4-6-9(8)14/h3-6H,1-2H3,(H,15,16,19). The minimum absolute atomic E-state index is 0.248. The van der Waals surface area contributed by atoms with E-state index in [4.69, 9.17) is 17.0 Å². The monoisotopic (exact) mass is 386 g/mol. The smallest absolute Gasteiger partial charge is 0.342 e. The van der Waals surface area contributed by atoms with E-state index in [1.807, 2.05) is 24.3 Å². The molecule has 19 heavy (non-hydrogen) atoms. The van der Waals surface area contributed by atoms with E-state index >= 15 is 0 Å². The maximum Gasteiger partial charge on any atom is 0.342 e. The number of carbonyl (C=O) groups excluding carboxylic acids is 1. The Labute approximate surface area is 129 Å². The van der Waals surface area contributed by atoms with Gasteiger partial charge in [-0.2, -0.15) is 0 Å². The van der Waals surface area contributed by atoms with Gasteiger partial charge in [0.15, 0.2) is 0 Å².